The van der Waals surface area contributed by atoms with Crippen LogP contribution >= 0.6 is 27.3 Å². The van der Waals surface area contributed by atoms with Gasteiger partial charge in [-0.15, -0.1) is 11.3 Å². The smallest absolute Gasteiger partial charge is 0.410 e. The van der Waals surface area contributed by atoms with E-state index in [2.05, 4.69) is 44.7 Å². The van der Waals surface area contributed by atoms with E-state index in [1.807, 2.05) is 0 Å². The molecule has 0 saturated heterocycles. The van der Waals surface area contributed by atoms with Gasteiger partial charge >= 0.3 is 6.18 Å². The Morgan fingerprint density at radius 2 is 2.08 bits per heavy atom. The highest BCUT2D eigenvalue weighted by Gasteiger charge is 2.48. The summed E-state index contributed by atoms with van der Waals surface area (Å²) in [5.41, 5.74) is 1.84. The maximum atomic E-state index is 14.1. The summed E-state index contributed by atoms with van der Waals surface area (Å²) in [5.74, 6) is 0.470. The van der Waals surface area contributed by atoms with E-state index in [1.165, 1.54) is 18.4 Å². The van der Waals surface area contributed by atoms with Gasteiger partial charge in [0.25, 0.3) is 5.91 Å². The Labute approximate surface area is 223 Å². The highest BCUT2D eigenvalue weighted by Crippen LogP contribution is 2.47. The Hall–Kier alpha value is -3.04. The molecule has 37 heavy (non-hydrogen) atoms. The Balaban J connectivity index is 1.47. The lowest BCUT2D eigenvalue weighted by Gasteiger charge is -2.33. The van der Waals surface area contributed by atoms with E-state index in [0.29, 0.717) is 27.8 Å². The quantitative estimate of drug-likeness (QED) is 0.354. The van der Waals surface area contributed by atoms with Crippen LogP contribution in [-0.2, 0) is 12.8 Å². The summed E-state index contributed by atoms with van der Waals surface area (Å²) in [5, 5.41) is 20.1. The molecule has 0 unspecified atom stereocenters. The molecule has 12 heteroatoms. The maximum Gasteiger partial charge on any atom is 0.410 e. The molecule has 0 radical (unpaired) electrons. The molecule has 3 heterocycles. The first-order valence-electron chi connectivity index (χ1n) is 11.7. The molecule has 5 rings (SSSR count). The van der Waals surface area contributed by atoms with Gasteiger partial charge in [0, 0.05) is 11.3 Å². The van der Waals surface area contributed by atoms with Gasteiger partial charge in [-0.05, 0) is 64.4 Å². The van der Waals surface area contributed by atoms with Crippen LogP contribution < -0.4 is 15.4 Å². The van der Waals surface area contributed by atoms with E-state index in [4.69, 9.17) is 4.74 Å². The van der Waals surface area contributed by atoms with E-state index in [9.17, 15) is 23.2 Å². The molecule has 1 aliphatic carbocycles. The van der Waals surface area contributed by atoms with Crippen LogP contribution in [0.5, 0.6) is 5.75 Å². The van der Waals surface area contributed by atoms with Gasteiger partial charge in [-0.2, -0.15) is 23.5 Å². The topological polar surface area (TPSA) is 92.0 Å². The fraction of sp³-hybridized carbons (Fsp3) is 0.400. The van der Waals surface area contributed by atoms with Crippen LogP contribution in [0.1, 0.15) is 63.9 Å². The predicted octanol–water partition coefficient (Wildman–Crippen LogP) is 6.62. The van der Waals surface area contributed by atoms with Crippen molar-refractivity contribution in [2.24, 2.45) is 5.92 Å². The van der Waals surface area contributed by atoms with Crippen LogP contribution in [0.4, 0.5) is 24.0 Å². The van der Waals surface area contributed by atoms with Crippen molar-refractivity contribution in [1.82, 2.24) is 9.78 Å². The van der Waals surface area contributed by atoms with E-state index >= 15 is 0 Å². The molecule has 0 spiro atoms. The lowest BCUT2D eigenvalue weighted by Crippen LogP contribution is -2.35. The second-order valence-electron chi connectivity index (χ2n) is 9.34. The molecule has 2 aromatic heterocycles. The van der Waals surface area contributed by atoms with Crippen molar-refractivity contribution in [2.45, 2.75) is 50.9 Å². The SMILES string of the molecule is COc1ccc([C@H]2C[C@@H](C(F)(F)F)n3nc(C(=O)Nc4sc5c(c4C#N)CC[C@H](C)C5)c(Br)c3N2)cc1. The maximum absolute atomic E-state index is 14.1. The molecule has 0 saturated carbocycles. The molecule has 7 nitrogen and oxygen atoms in total. The Kier molecular flexibility index (Phi) is 6.70. The number of ether oxygens (including phenoxy) is 1. The van der Waals surface area contributed by atoms with Gasteiger partial charge in [-0.25, -0.2) is 4.68 Å². The summed E-state index contributed by atoms with van der Waals surface area (Å²) >= 11 is 4.66. The number of methoxy groups -OCH3 is 1. The average Bonchev–Trinajstić information content (AvgIpc) is 3.39. The predicted molar refractivity (Wildman–Crippen MR) is 137 cm³/mol. The zero-order chi connectivity index (χ0) is 26.5. The highest BCUT2D eigenvalue weighted by atomic mass is 79.9. The molecule has 0 fully saturated rings. The van der Waals surface area contributed by atoms with Gasteiger partial charge in [-0.3, -0.25) is 4.79 Å². The molecule has 3 atom stereocenters. The minimum atomic E-state index is -4.59. The van der Waals surface area contributed by atoms with Crippen molar-refractivity contribution < 1.29 is 22.7 Å². The van der Waals surface area contributed by atoms with Gasteiger partial charge in [-0.1, -0.05) is 19.1 Å². The van der Waals surface area contributed by atoms with Crippen LogP contribution in [0.15, 0.2) is 28.7 Å². The lowest BCUT2D eigenvalue weighted by molar-refractivity contribution is -0.173. The Bertz CT molecular complexity index is 1390. The van der Waals surface area contributed by atoms with Crippen LogP contribution in [0.3, 0.4) is 0 Å². The summed E-state index contributed by atoms with van der Waals surface area (Å²) in [4.78, 5) is 14.3. The van der Waals surface area contributed by atoms with Gasteiger partial charge in [0.15, 0.2) is 11.7 Å². The zero-order valence-corrected chi connectivity index (χ0v) is 22.4. The van der Waals surface area contributed by atoms with E-state index in [-0.39, 0.29) is 22.4 Å². The van der Waals surface area contributed by atoms with Crippen molar-refractivity contribution >= 4 is 44.0 Å². The fourth-order valence-electron chi connectivity index (χ4n) is 4.91. The number of rotatable bonds is 4. The second kappa shape index (κ2) is 9.68. The molecular weight excluding hydrogens is 571 g/mol. The summed E-state index contributed by atoms with van der Waals surface area (Å²) in [6.07, 6.45) is -2.33. The first-order valence-corrected chi connectivity index (χ1v) is 13.3. The standard InChI is InChI=1S/C25H23BrF3N5O2S/c1-12-3-8-15-16(11-30)24(37-18(15)9-12)32-23(35)21-20(26)22-31-17(13-4-6-14(36-2)7-5-13)10-19(25(27,28)29)34(22)33-21/h4-7,12,17,19,31H,3,8-10H2,1-2H3,(H,32,35)/t12-,17+,19-/m0/s1. The minimum Gasteiger partial charge on any atom is -0.497 e. The number of nitriles is 1. The number of halogens is 4. The summed E-state index contributed by atoms with van der Waals surface area (Å²) in [7, 11) is 1.52. The summed E-state index contributed by atoms with van der Waals surface area (Å²) in [6.45, 7) is 2.14. The zero-order valence-electron chi connectivity index (χ0n) is 19.9. The van der Waals surface area contributed by atoms with Crippen LogP contribution in [0, 0.1) is 17.2 Å². The molecule has 1 aliphatic heterocycles. The minimum absolute atomic E-state index is 0.0688. The number of carbonyl (C=O) groups excluding carboxylic acids is 1. The number of thiophene rings is 1. The average molecular weight is 594 g/mol. The number of nitrogens with zero attached hydrogens (tertiary/aromatic N) is 3. The van der Waals surface area contributed by atoms with Gasteiger partial charge < -0.3 is 15.4 Å². The normalized spacial score (nSPS) is 20.8. The summed E-state index contributed by atoms with van der Waals surface area (Å²) in [6, 6.07) is 6.39. The second-order valence-corrected chi connectivity index (χ2v) is 11.2. The van der Waals surface area contributed by atoms with Crippen LogP contribution in [-0.4, -0.2) is 29.0 Å². The van der Waals surface area contributed by atoms with Crippen molar-refractivity contribution in [3.05, 3.63) is 56.0 Å². The third-order valence-corrected chi connectivity index (χ3v) is 8.80. The number of hydrogen-bond acceptors (Lipinski definition) is 6. The number of anilines is 2. The number of benzene rings is 1. The fourth-order valence-corrected chi connectivity index (χ4v) is 6.82. The van der Waals surface area contributed by atoms with Crippen molar-refractivity contribution in [3.63, 3.8) is 0 Å². The van der Waals surface area contributed by atoms with Crippen LogP contribution in [0.2, 0.25) is 0 Å². The van der Waals surface area contributed by atoms with Crippen molar-refractivity contribution in [2.75, 3.05) is 17.7 Å². The molecule has 0 bridgehead atoms. The Morgan fingerprint density at radius 1 is 1.35 bits per heavy atom. The molecule has 1 amide bonds. The number of nitrogens with one attached hydrogen (secondary N) is 2. The third-order valence-electron chi connectivity index (χ3n) is 6.88. The molecular formula is C25H23BrF3N5O2S. The van der Waals surface area contributed by atoms with Gasteiger partial charge in [0.2, 0.25) is 0 Å². The van der Waals surface area contributed by atoms with Gasteiger partial charge in [0.05, 0.1) is 23.2 Å². The number of fused-ring (bicyclic) bond motifs is 2. The van der Waals surface area contributed by atoms with E-state index in [1.54, 1.807) is 24.3 Å². The number of amides is 1. The van der Waals surface area contributed by atoms with Crippen molar-refractivity contribution in [3.8, 4) is 11.8 Å². The largest absolute Gasteiger partial charge is 0.497 e. The highest BCUT2D eigenvalue weighted by molar-refractivity contribution is 9.10. The lowest BCUT2D eigenvalue weighted by atomic mass is 9.89. The molecule has 3 aromatic rings. The van der Waals surface area contributed by atoms with E-state index in [0.717, 1.165) is 34.4 Å². The van der Waals surface area contributed by atoms with Crippen molar-refractivity contribution in [1.29, 1.82) is 5.26 Å². The molecule has 2 N–H and O–H groups in total. The first-order chi connectivity index (χ1) is 17.6. The number of hydrogen-bond donors (Lipinski definition) is 2. The molecule has 2 aliphatic rings. The van der Waals surface area contributed by atoms with Crippen LogP contribution in [0.25, 0.3) is 0 Å². The first kappa shape index (κ1) is 25.6. The number of carbonyl (C=O) groups is 1. The molecule has 194 valence electrons. The number of alkyl halides is 3. The third kappa shape index (κ3) is 4.70. The van der Waals surface area contributed by atoms with Gasteiger partial charge in [0.1, 0.15) is 22.6 Å². The monoisotopic (exact) mass is 593 g/mol. The van der Waals surface area contributed by atoms with E-state index < -0.39 is 24.2 Å². The number of aromatic nitrogens is 2. The Morgan fingerprint density at radius 3 is 2.73 bits per heavy atom. The molecule has 1 aromatic carbocycles. The summed E-state index contributed by atoms with van der Waals surface area (Å²) < 4.78 is 48.5.